The van der Waals surface area contributed by atoms with E-state index in [1.54, 1.807) is 6.08 Å². The molecule has 0 unspecified atom stereocenters. The smallest absolute Gasteiger partial charge is 0.330 e. The molecule has 0 radical (unpaired) electrons. The lowest BCUT2D eigenvalue weighted by Crippen LogP contribution is -2.13. The van der Waals surface area contributed by atoms with E-state index in [0.717, 1.165) is 32.4 Å². The summed E-state index contributed by atoms with van der Waals surface area (Å²) in [5.74, 6) is -0.195. The van der Waals surface area contributed by atoms with E-state index >= 15 is 0 Å². The fourth-order valence-corrected chi connectivity index (χ4v) is 1.43. The molecule has 74 valence electrons. The van der Waals surface area contributed by atoms with Crippen LogP contribution in [0.4, 0.5) is 0 Å². The number of rotatable bonds is 2. The molecule has 3 nitrogen and oxygen atoms in total. The van der Waals surface area contributed by atoms with Gasteiger partial charge in [0.2, 0.25) is 0 Å². The summed E-state index contributed by atoms with van der Waals surface area (Å²) in [5.41, 5.74) is 1.21. The average Bonchev–Trinajstić information content (AvgIpc) is 2.33. The van der Waals surface area contributed by atoms with Crippen molar-refractivity contribution >= 4 is 5.97 Å². The summed E-state index contributed by atoms with van der Waals surface area (Å²) in [4.78, 5) is 11.1. The van der Waals surface area contributed by atoms with Gasteiger partial charge in [-0.2, -0.15) is 0 Å². The summed E-state index contributed by atoms with van der Waals surface area (Å²) in [6.45, 7) is 4.32. The monoisotopic (exact) mass is 183 g/mol. The molecular formula is C10H17NO2. The molecule has 0 spiro atoms. The van der Waals surface area contributed by atoms with Crippen LogP contribution in [-0.4, -0.2) is 25.7 Å². The molecule has 0 aromatic heterocycles. The Kier molecular flexibility index (Phi) is 4.54. The molecule has 0 bridgehead atoms. The molecule has 1 fully saturated rings. The van der Waals surface area contributed by atoms with Crippen molar-refractivity contribution in [3.05, 3.63) is 11.6 Å². The zero-order valence-electron chi connectivity index (χ0n) is 8.14. The number of hydrogen-bond acceptors (Lipinski definition) is 3. The van der Waals surface area contributed by atoms with Crippen LogP contribution in [-0.2, 0) is 9.53 Å². The van der Waals surface area contributed by atoms with Gasteiger partial charge in [0.05, 0.1) is 6.61 Å². The predicted octanol–water partition coefficient (Wildman–Crippen LogP) is 1.25. The molecule has 1 aliphatic heterocycles. The highest BCUT2D eigenvalue weighted by atomic mass is 16.5. The van der Waals surface area contributed by atoms with E-state index < -0.39 is 0 Å². The van der Waals surface area contributed by atoms with E-state index in [2.05, 4.69) is 5.32 Å². The number of esters is 1. The Balaban J connectivity index is 2.42. The third-order valence-electron chi connectivity index (χ3n) is 2.08. The van der Waals surface area contributed by atoms with Gasteiger partial charge in [0.15, 0.2) is 0 Å². The van der Waals surface area contributed by atoms with Gasteiger partial charge < -0.3 is 10.1 Å². The van der Waals surface area contributed by atoms with Crippen LogP contribution in [0.2, 0.25) is 0 Å². The lowest BCUT2D eigenvalue weighted by atomic mass is 10.1. The molecule has 1 aliphatic rings. The molecule has 1 heterocycles. The van der Waals surface area contributed by atoms with Crippen molar-refractivity contribution in [3.8, 4) is 0 Å². The van der Waals surface area contributed by atoms with Gasteiger partial charge in [-0.05, 0) is 39.3 Å². The Bertz CT molecular complexity index is 189. The first-order chi connectivity index (χ1) is 6.33. The minimum atomic E-state index is -0.195. The molecule has 0 atom stereocenters. The highest BCUT2D eigenvalue weighted by Gasteiger charge is 2.05. The van der Waals surface area contributed by atoms with Gasteiger partial charge in [0, 0.05) is 6.08 Å². The van der Waals surface area contributed by atoms with E-state index in [1.807, 2.05) is 6.92 Å². The zero-order valence-corrected chi connectivity index (χ0v) is 8.14. The fourth-order valence-electron chi connectivity index (χ4n) is 1.43. The van der Waals surface area contributed by atoms with Crippen LogP contribution in [0.1, 0.15) is 26.2 Å². The summed E-state index contributed by atoms with van der Waals surface area (Å²) < 4.78 is 4.85. The first kappa shape index (κ1) is 10.3. The maximum atomic E-state index is 11.1. The Morgan fingerprint density at radius 3 is 3.15 bits per heavy atom. The Morgan fingerprint density at radius 2 is 2.38 bits per heavy atom. The van der Waals surface area contributed by atoms with Crippen LogP contribution in [0.3, 0.4) is 0 Å². The quantitative estimate of drug-likeness (QED) is 0.517. The SMILES string of the molecule is CCOC(=O)/C=C1\CCCNCC1. The summed E-state index contributed by atoms with van der Waals surface area (Å²) in [5, 5.41) is 3.29. The van der Waals surface area contributed by atoms with Crippen LogP contribution in [0.25, 0.3) is 0 Å². The zero-order chi connectivity index (χ0) is 9.52. The second-order valence-electron chi connectivity index (χ2n) is 3.16. The number of ether oxygens (including phenoxy) is 1. The lowest BCUT2D eigenvalue weighted by molar-refractivity contribution is -0.137. The molecule has 0 saturated carbocycles. The Hall–Kier alpha value is -0.830. The predicted molar refractivity (Wildman–Crippen MR) is 51.4 cm³/mol. The van der Waals surface area contributed by atoms with Crippen molar-refractivity contribution in [2.75, 3.05) is 19.7 Å². The summed E-state index contributed by atoms with van der Waals surface area (Å²) in [6.07, 6.45) is 4.76. The van der Waals surface area contributed by atoms with Gasteiger partial charge in [-0.1, -0.05) is 5.57 Å². The van der Waals surface area contributed by atoms with Crippen molar-refractivity contribution in [2.24, 2.45) is 0 Å². The third-order valence-corrected chi connectivity index (χ3v) is 2.08. The number of carbonyl (C=O) groups excluding carboxylic acids is 1. The summed E-state index contributed by atoms with van der Waals surface area (Å²) in [6, 6.07) is 0. The minimum Gasteiger partial charge on any atom is -0.463 e. The molecular weight excluding hydrogens is 166 g/mol. The highest BCUT2D eigenvalue weighted by molar-refractivity contribution is 5.82. The topological polar surface area (TPSA) is 38.3 Å². The van der Waals surface area contributed by atoms with E-state index in [9.17, 15) is 4.79 Å². The van der Waals surface area contributed by atoms with Gasteiger partial charge in [0.25, 0.3) is 0 Å². The normalized spacial score (nSPS) is 21.2. The van der Waals surface area contributed by atoms with Crippen molar-refractivity contribution in [1.82, 2.24) is 5.32 Å². The fraction of sp³-hybridized carbons (Fsp3) is 0.700. The van der Waals surface area contributed by atoms with Crippen LogP contribution in [0.15, 0.2) is 11.6 Å². The number of hydrogen-bond donors (Lipinski definition) is 1. The molecule has 3 heteroatoms. The summed E-state index contributed by atoms with van der Waals surface area (Å²) >= 11 is 0. The molecule has 0 aromatic carbocycles. The van der Waals surface area contributed by atoms with Gasteiger partial charge in [0.1, 0.15) is 0 Å². The third kappa shape index (κ3) is 4.08. The minimum absolute atomic E-state index is 0.195. The van der Waals surface area contributed by atoms with Crippen LogP contribution in [0, 0.1) is 0 Å². The van der Waals surface area contributed by atoms with Gasteiger partial charge in [-0.3, -0.25) is 0 Å². The molecule has 1 rings (SSSR count). The first-order valence-electron chi connectivity index (χ1n) is 4.90. The molecule has 0 aliphatic carbocycles. The summed E-state index contributed by atoms with van der Waals surface area (Å²) in [7, 11) is 0. The average molecular weight is 183 g/mol. The van der Waals surface area contributed by atoms with Crippen LogP contribution >= 0.6 is 0 Å². The second kappa shape index (κ2) is 5.75. The van der Waals surface area contributed by atoms with Gasteiger partial charge >= 0.3 is 5.97 Å². The maximum Gasteiger partial charge on any atom is 0.330 e. The number of nitrogens with one attached hydrogen (secondary N) is 1. The molecule has 1 saturated heterocycles. The van der Waals surface area contributed by atoms with E-state index in [-0.39, 0.29) is 5.97 Å². The molecule has 0 amide bonds. The van der Waals surface area contributed by atoms with Gasteiger partial charge in [-0.25, -0.2) is 4.79 Å². The van der Waals surface area contributed by atoms with E-state index in [1.165, 1.54) is 5.57 Å². The first-order valence-corrected chi connectivity index (χ1v) is 4.90. The molecule has 13 heavy (non-hydrogen) atoms. The molecule has 1 N–H and O–H groups in total. The Labute approximate surface area is 79.2 Å². The van der Waals surface area contributed by atoms with Crippen molar-refractivity contribution in [3.63, 3.8) is 0 Å². The van der Waals surface area contributed by atoms with Crippen LogP contribution < -0.4 is 5.32 Å². The van der Waals surface area contributed by atoms with Crippen molar-refractivity contribution < 1.29 is 9.53 Å². The largest absolute Gasteiger partial charge is 0.463 e. The van der Waals surface area contributed by atoms with Gasteiger partial charge in [-0.15, -0.1) is 0 Å². The lowest BCUT2D eigenvalue weighted by Gasteiger charge is -2.01. The number of carbonyl (C=O) groups is 1. The highest BCUT2D eigenvalue weighted by Crippen LogP contribution is 2.11. The standard InChI is InChI=1S/C10H17NO2/c1-2-13-10(12)8-9-4-3-6-11-7-5-9/h8,11H,2-7H2,1H3/b9-8+. The van der Waals surface area contributed by atoms with Crippen molar-refractivity contribution in [1.29, 1.82) is 0 Å². The maximum absolute atomic E-state index is 11.1. The van der Waals surface area contributed by atoms with Crippen molar-refractivity contribution in [2.45, 2.75) is 26.2 Å². The van der Waals surface area contributed by atoms with Crippen LogP contribution in [0.5, 0.6) is 0 Å². The second-order valence-corrected chi connectivity index (χ2v) is 3.16. The van der Waals surface area contributed by atoms with E-state index in [4.69, 9.17) is 4.74 Å². The molecule has 0 aromatic rings. The Morgan fingerprint density at radius 1 is 1.54 bits per heavy atom. The van der Waals surface area contributed by atoms with E-state index in [0.29, 0.717) is 6.61 Å².